The second-order valence-corrected chi connectivity index (χ2v) is 10.1. The van der Waals surface area contributed by atoms with Crippen LogP contribution in [0.1, 0.15) is 43.2 Å². The van der Waals surface area contributed by atoms with Gasteiger partial charge in [-0.3, -0.25) is 14.9 Å². The fraction of sp³-hybridized carbons (Fsp3) is 0.435. The van der Waals surface area contributed by atoms with E-state index in [9.17, 15) is 27.7 Å². The van der Waals surface area contributed by atoms with Gasteiger partial charge in [0.15, 0.2) is 0 Å². The number of carbonyl (C=O) groups is 1. The van der Waals surface area contributed by atoms with Gasteiger partial charge in [-0.25, -0.2) is 12.8 Å². The SMILES string of the molecule is CCOC(=O)C[C@H](c1ccc(F)cc1)C1CCN(S(=O)(=O)c2ccc(C)c([N+](=O)[O-])c2)CC1. The van der Waals surface area contributed by atoms with Gasteiger partial charge in [0, 0.05) is 24.7 Å². The largest absolute Gasteiger partial charge is 0.466 e. The Labute approximate surface area is 192 Å². The van der Waals surface area contributed by atoms with Crippen LogP contribution in [-0.2, 0) is 19.6 Å². The standard InChI is InChI=1S/C23H27FN2O6S/c1-3-32-23(27)15-21(17-5-7-19(24)8-6-17)18-10-12-25(13-11-18)33(30,31)20-9-4-16(2)22(14-20)26(28)29/h4-9,14,18,21H,3,10-13,15H2,1-2H3/t21-/m1/s1. The van der Waals surface area contributed by atoms with Gasteiger partial charge in [0.05, 0.1) is 22.8 Å². The molecule has 2 aromatic carbocycles. The molecule has 1 saturated heterocycles. The Morgan fingerprint density at radius 2 is 1.85 bits per heavy atom. The predicted octanol–water partition coefficient (Wildman–Crippen LogP) is 4.18. The summed E-state index contributed by atoms with van der Waals surface area (Å²) in [7, 11) is -3.90. The zero-order chi connectivity index (χ0) is 24.2. The minimum atomic E-state index is -3.90. The number of hydrogen-bond acceptors (Lipinski definition) is 6. The van der Waals surface area contributed by atoms with Crippen molar-refractivity contribution in [1.82, 2.24) is 4.31 Å². The van der Waals surface area contributed by atoms with Crippen LogP contribution >= 0.6 is 0 Å². The molecule has 0 bridgehead atoms. The molecular formula is C23H27FN2O6S. The van der Waals surface area contributed by atoms with Crippen molar-refractivity contribution >= 4 is 21.7 Å². The van der Waals surface area contributed by atoms with Crippen molar-refractivity contribution in [3.05, 3.63) is 69.5 Å². The van der Waals surface area contributed by atoms with Crippen LogP contribution in [0.4, 0.5) is 10.1 Å². The highest BCUT2D eigenvalue weighted by atomic mass is 32.2. The van der Waals surface area contributed by atoms with Crippen molar-refractivity contribution in [2.24, 2.45) is 5.92 Å². The number of halogens is 1. The maximum absolute atomic E-state index is 13.4. The third kappa shape index (κ3) is 5.75. The lowest BCUT2D eigenvalue weighted by atomic mass is 9.78. The third-order valence-electron chi connectivity index (χ3n) is 6.07. The summed E-state index contributed by atoms with van der Waals surface area (Å²) in [5, 5.41) is 11.2. The van der Waals surface area contributed by atoms with Crippen LogP contribution < -0.4 is 0 Å². The number of nitro benzene ring substituents is 1. The number of nitro groups is 1. The monoisotopic (exact) mass is 478 g/mol. The van der Waals surface area contributed by atoms with Crippen molar-refractivity contribution in [1.29, 1.82) is 0 Å². The Bertz CT molecular complexity index is 1110. The summed E-state index contributed by atoms with van der Waals surface area (Å²) in [4.78, 5) is 22.7. The number of benzene rings is 2. The van der Waals surface area contributed by atoms with E-state index in [-0.39, 0.29) is 60.3 Å². The smallest absolute Gasteiger partial charge is 0.306 e. The fourth-order valence-electron chi connectivity index (χ4n) is 4.28. The Morgan fingerprint density at radius 3 is 2.42 bits per heavy atom. The summed E-state index contributed by atoms with van der Waals surface area (Å²) in [6, 6.07) is 9.89. The molecule has 8 nitrogen and oxygen atoms in total. The first-order valence-electron chi connectivity index (χ1n) is 10.8. The quantitative estimate of drug-likeness (QED) is 0.320. The summed E-state index contributed by atoms with van der Waals surface area (Å²) in [6.45, 7) is 3.97. The maximum atomic E-state index is 13.4. The van der Waals surface area contributed by atoms with E-state index in [1.807, 2.05) is 0 Å². The second kappa shape index (κ2) is 10.4. The van der Waals surface area contributed by atoms with Gasteiger partial charge < -0.3 is 4.74 Å². The molecule has 33 heavy (non-hydrogen) atoms. The molecule has 0 N–H and O–H groups in total. The zero-order valence-corrected chi connectivity index (χ0v) is 19.4. The Balaban J connectivity index is 1.78. The second-order valence-electron chi connectivity index (χ2n) is 8.11. The van der Waals surface area contributed by atoms with E-state index in [1.165, 1.54) is 28.6 Å². The molecule has 1 atom stereocenters. The molecule has 0 amide bonds. The minimum Gasteiger partial charge on any atom is -0.466 e. The zero-order valence-electron chi connectivity index (χ0n) is 18.6. The predicted molar refractivity (Wildman–Crippen MR) is 120 cm³/mol. The maximum Gasteiger partial charge on any atom is 0.306 e. The van der Waals surface area contributed by atoms with E-state index in [2.05, 4.69) is 0 Å². The van der Waals surface area contributed by atoms with Crippen LogP contribution in [0.25, 0.3) is 0 Å². The van der Waals surface area contributed by atoms with Gasteiger partial charge in [-0.1, -0.05) is 18.2 Å². The highest BCUT2D eigenvalue weighted by Gasteiger charge is 2.35. The molecule has 1 heterocycles. The van der Waals surface area contributed by atoms with Crippen molar-refractivity contribution < 1.29 is 27.3 Å². The van der Waals surface area contributed by atoms with E-state index in [0.717, 1.165) is 11.6 Å². The van der Waals surface area contributed by atoms with E-state index < -0.39 is 14.9 Å². The Morgan fingerprint density at radius 1 is 1.21 bits per heavy atom. The Hall–Kier alpha value is -2.85. The number of nitrogens with zero attached hydrogens (tertiary/aromatic N) is 2. The lowest BCUT2D eigenvalue weighted by molar-refractivity contribution is -0.385. The third-order valence-corrected chi connectivity index (χ3v) is 7.97. The molecule has 0 aromatic heterocycles. The van der Waals surface area contributed by atoms with Gasteiger partial charge >= 0.3 is 5.97 Å². The number of sulfonamides is 1. The van der Waals surface area contributed by atoms with E-state index in [0.29, 0.717) is 18.4 Å². The van der Waals surface area contributed by atoms with Crippen LogP contribution in [-0.4, -0.2) is 43.3 Å². The fourth-order valence-corrected chi connectivity index (χ4v) is 5.77. The number of piperidine rings is 1. The molecule has 0 radical (unpaired) electrons. The molecule has 2 aromatic rings. The van der Waals surface area contributed by atoms with Crippen molar-refractivity contribution in [3.8, 4) is 0 Å². The molecule has 1 fully saturated rings. The van der Waals surface area contributed by atoms with E-state index in [4.69, 9.17) is 4.74 Å². The van der Waals surface area contributed by atoms with Crippen molar-refractivity contribution in [2.45, 2.75) is 43.9 Å². The van der Waals surface area contributed by atoms with Crippen LogP contribution in [0.5, 0.6) is 0 Å². The lowest BCUT2D eigenvalue weighted by Gasteiger charge is -2.35. The number of esters is 1. The molecule has 178 valence electrons. The van der Waals surface area contributed by atoms with Gasteiger partial charge in [-0.2, -0.15) is 4.31 Å². The summed E-state index contributed by atoms with van der Waals surface area (Å²) >= 11 is 0. The lowest BCUT2D eigenvalue weighted by Crippen LogP contribution is -2.40. The molecule has 0 spiro atoms. The molecule has 0 unspecified atom stereocenters. The minimum absolute atomic E-state index is 0.00123. The summed E-state index contributed by atoms with van der Waals surface area (Å²) < 4.78 is 46.1. The van der Waals surface area contributed by atoms with Gasteiger partial charge in [-0.05, 0) is 62.3 Å². The average molecular weight is 479 g/mol. The van der Waals surface area contributed by atoms with Gasteiger partial charge in [0.25, 0.3) is 5.69 Å². The topological polar surface area (TPSA) is 107 Å². The number of ether oxygens (including phenoxy) is 1. The molecule has 0 aliphatic carbocycles. The number of rotatable bonds is 8. The summed E-state index contributed by atoms with van der Waals surface area (Å²) in [6.07, 6.45) is 1.12. The summed E-state index contributed by atoms with van der Waals surface area (Å²) in [5.74, 6) is -0.954. The highest BCUT2D eigenvalue weighted by molar-refractivity contribution is 7.89. The molecule has 0 saturated carbocycles. The van der Waals surface area contributed by atoms with Crippen LogP contribution in [0, 0.1) is 28.8 Å². The molecule has 1 aliphatic rings. The number of carbonyl (C=O) groups excluding carboxylic acids is 1. The van der Waals surface area contributed by atoms with Crippen molar-refractivity contribution in [3.63, 3.8) is 0 Å². The summed E-state index contributed by atoms with van der Waals surface area (Å²) in [5.41, 5.74) is 0.954. The first kappa shape index (κ1) is 24.8. The van der Waals surface area contributed by atoms with Crippen LogP contribution in [0.15, 0.2) is 47.4 Å². The first-order valence-corrected chi connectivity index (χ1v) is 12.2. The first-order chi connectivity index (χ1) is 15.6. The van der Waals surface area contributed by atoms with Gasteiger partial charge in [-0.15, -0.1) is 0 Å². The molecule has 1 aliphatic heterocycles. The van der Waals surface area contributed by atoms with Gasteiger partial charge in [0.2, 0.25) is 10.0 Å². The average Bonchev–Trinajstić information content (AvgIpc) is 2.78. The number of hydrogen-bond donors (Lipinski definition) is 0. The van der Waals surface area contributed by atoms with Crippen LogP contribution in [0.3, 0.4) is 0 Å². The number of aryl methyl sites for hydroxylation is 1. The van der Waals surface area contributed by atoms with E-state index in [1.54, 1.807) is 26.0 Å². The molecule has 10 heteroatoms. The normalized spacial score (nSPS) is 16.3. The van der Waals surface area contributed by atoms with Crippen LogP contribution in [0.2, 0.25) is 0 Å². The molecular weight excluding hydrogens is 451 g/mol. The van der Waals surface area contributed by atoms with E-state index >= 15 is 0 Å². The molecule has 3 rings (SSSR count). The highest BCUT2D eigenvalue weighted by Crippen LogP contribution is 2.37. The Kier molecular flexibility index (Phi) is 7.80. The van der Waals surface area contributed by atoms with Gasteiger partial charge in [0.1, 0.15) is 5.82 Å². The van der Waals surface area contributed by atoms with Crippen molar-refractivity contribution in [2.75, 3.05) is 19.7 Å².